The summed E-state index contributed by atoms with van der Waals surface area (Å²) in [4.78, 5) is 11.3. The van der Waals surface area contributed by atoms with E-state index < -0.39 is 10.8 Å². The molecule has 0 heterocycles. The Bertz CT molecular complexity index is 171. The van der Waals surface area contributed by atoms with Gasteiger partial charge in [-0.3, -0.25) is 4.79 Å². The number of nitrogens with two attached hydrogens (primary N) is 1. The van der Waals surface area contributed by atoms with Crippen molar-refractivity contribution in [2.24, 2.45) is 5.73 Å². The first-order valence-electron chi connectivity index (χ1n) is 4.54. The molecule has 14 heavy (non-hydrogen) atoms. The zero-order valence-electron chi connectivity index (χ0n) is 8.95. The molecule has 0 aromatic heterocycles. The van der Waals surface area contributed by atoms with E-state index in [0.717, 1.165) is 12.8 Å². The minimum absolute atomic E-state index is 0. The van der Waals surface area contributed by atoms with Crippen molar-refractivity contribution in [1.29, 1.82) is 0 Å². The predicted molar refractivity (Wildman–Crippen MR) is 64.2 cm³/mol. The molecule has 3 nitrogen and oxygen atoms in total. The summed E-state index contributed by atoms with van der Waals surface area (Å²) in [5, 5.41) is 0. The van der Waals surface area contributed by atoms with Crippen LogP contribution in [0, 0.1) is 0 Å². The van der Waals surface area contributed by atoms with Gasteiger partial charge in [0.25, 0.3) is 0 Å². The Morgan fingerprint density at radius 3 is 2.43 bits per heavy atom. The molecule has 0 aromatic carbocycles. The SMILES string of the molecule is CCCCOC(=O)[C@@H](N)C(C)(C)S.Cl. The summed E-state index contributed by atoms with van der Waals surface area (Å²) in [6.07, 6.45) is 1.89. The van der Waals surface area contributed by atoms with Crippen molar-refractivity contribution in [3.05, 3.63) is 0 Å². The molecule has 0 aliphatic rings. The molecule has 5 heteroatoms. The summed E-state index contributed by atoms with van der Waals surface area (Å²) in [6, 6.07) is -0.660. The van der Waals surface area contributed by atoms with Crippen LogP contribution in [-0.2, 0) is 9.53 Å². The molecule has 0 radical (unpaired) electrons. The van der Waals surface area contributed by atoms with E-state index in [0.29, 0.717) is 6.61 Å². The van der Waals surface area contributed by atoms with Crippen LogP contribution in [0.5, 0.6) is 0 Å². The quantitative estimate of drug-likeness (QED) is 0.438. The number of halogens is 1. The van der Waals surface area contributed by atoms with Crippen LogP contribution in [0.4, 0.5) is 0 Å². The summed E-state index contributed by atoms with van der Waals surface area (Å²) in [7, 11) is 0. The van der Waals surface area contributed by atoms with Gasteiger partial charge in [-0.15, -0.1) is 12.4 Å². The molecular formula is C9H20ClNO2S. The van der Waals surface area contributed by atoms with E-state index in [9.17, 15) is 4.79 Å². The zero-order valence-corrected chi connectivity index (χ0v) is 10.7. The van der Waals surface area contributed by atoms with Crippen molar-refractivity contribution < 1.29 is 9.53 Å². The monoisotopic (exact) mass is 241 g/mol. The van der Waals surface area contributed by atoms with E-state index in [-0.39, 0.29) is 18.4 Å². The summed E-state index contributed by atoms with van der Waals surface area (Å²) in [5.74, 6) is -0.367. The number of hydrogen-bond acceptors (Lipinski definition) is 4. The Morgan fingerprint density at radius 1 is 1.57 bits per heavy atom. The van der Waals surface area contributed by atoms with Gasteiger partial charge in [0.15, 0.2) is 0 Å². The first kappa shape index (κ1) is 16.5. The number of carbonyl (C=O) groups is 1. The molecule has 0 saturated carbocycles. The largest absolute Gasteiger partial charge is 0.464 e. The highest BCUT2D eigenvalue weighted by Gasteiger charge is 2.29. The van der Waals surface area contributed by atoms with Crippen molar-refractivity contribution in [3.8, 4) is 0 Å². The molecule has 0 aliphatic heterocycles. The molecule has 1 atom stereocenters. The number of thiol groups is 1. The molecule has 0 rings (SSSR count). The molecule has 0 saturated heterocycles. The molecule has 86 valence electrons. The number of unbranched alkanes of at least 4 members (excludes halogenated alkanes) is 1. The third-order valence-electron chi connectivity index (χ3n) is 1.76. The van der Waals surface area contributed by atoms with Gasteiger partial charge in [0.05, 0.1) is 6.61 Å². The van der Waals surface area contributed by atoms with Crippen molar-refractivity contribution in [2.75, 3.05) is 6.61 Å². The highest BCUT2D eigenvalue weighted by molar-refractivity contribution is 7.81. The second-order valence-electron chi connectivity index (χ2n) is 3.65. The maximum atomic E-state index is 11.3. The van der Waals surface area contributed by atoms with Gasteiger partial charge < -0.3 is 10.5 Å². The van der Waals surface area contributed by atoms with E-state index in [1.165, 1.54) is 0 Å². The lowest BCUT2D eigenvalue weighted by Gasteiger charge is -2.23. The fraction of sp³-hybridized carbons (Fsp3) is 0.889. The normalized spacial score (nSPS) is 12.9. The maximum Gasteiger partial charge on any atom is 0.324 e. The third kappa shape index (κ3) is 6.51. The van der Waals surface area contributed by atoms with Crippen LogP contribution in [0.1, 0.15) is 33.6 Å². The van der Waals surface area contributed by atoms with Crippen molar-refractivity contribution in [3.63, 3.8) is 0 Å². The van der Waals surface area contributed by atoms with Crippen LogP contribution in [0.25, 0.3) is 0 Å². The Balaban J connectivity index is 0. The summed E-state index contributed by atoms with van der Waals surface area (Å²) in [6.45, 7) is 6.08. The lowest BCUT2D eigenvalue weighted by molar-refractivity contribution is -0.145. The summed E-state index contributed by atoms with van der Waals surface area (Å²) >= 11 is 4.21. The van der Waals surface area contributed by atoms with Crippen LogP contribution in [0.3, 0.4) is 0 Å². The van der Waals surface area contributed by atoms with Crippen LogP contribution < -0.4 is 5.73 Å². The maximum absolute atomic E-state index is 11.3. The first-order chi connectivity index (χ1) is 5.89. The zero-order chi connectivity index (χ0) is 10.5. The third-order valence-corrected chi connectivity index (χ3v) is 2.04. The highest BCUT2D eigenvalue weighted by Crippen LogP contribution is 2.16. The van der Waals surface area contributed by atoms with E-state index in [1.54, 1.807) is 13.8 Å². The van der Waals surface area contributed by atoms with Gasteiger partial charge in [0.1, 0.15) is 6.04 Å². The molecule has 0 spiro atoms. The van der Waals surface area contributed by atoms with Gasteiger partial charge in [0.2, 0.25) is 0 Å². The summed E-state index contributed by atoms with van der Waals surface area (Å²) < 4.78 is 4.43. The van der Waals surface area contributed by atoms with E-state index in [4.69, 9.17) is 10.5 Å². The molecule has 0 aliphatic carbocycles. The fourth-order valence-corrected chi connectivity index (χ4v) is 0.801. The Kier molecular flexibility index (Phi) is 8.69. The fourth-order valence-electron chi connectivity index (χ4n) is 0.695. The van der Waals surface area contributed by atoms with Gasteiger partial charge >= 0.3 is 5.97 Å². The number of rotatable bonds is 5. The lowest BCUT2D eigenvalue weighted by Crippen LogP contribution is -2.46. The molecule has 0 aromatic rings. The van der Waals surface area contributed by atoms with E-state index in [2.05, 4.69) is 12.6 Å². The predicted octanol–water partition coefficient (Wildman–Crippen LogP) is 1.79. The van der Waals surface area contributed by atoms with Gasteiger partial charge in [-0.25, -0.2) is 0 Å². The minimum Gasteiger partial charge on any atom is -0.464 e. The Labute approximate surface area is 97.6 Å². The lowest BCUT2D eigenvalue weighted by atomic mass is 10.1. The van der Waals surface area contributed by atoms with Crippen LogP contribution in [0.2, 0.25) is 0 Å². The van der Waals surface area contributed by atoms with Crippen LogP contribution >= 0.6 is 25.0 Å². The van der Waals surface area contributed by atoms with Gasteiger partial charge in [-0.05, 0) is 20.3 Å². The Hall–Kier alpha value is 0.0700. The van der Waals surface area contributed by atoms with Crippen molar-refractivity contribution in [2.45, 2.75) is 44.4 Å². The summed E-state index contributed by atoms with van der Waals surface area (Å²) in [5.41, 5.74) is 5.63. The number of carbonyl (C=O) groups excluding carboxylic acids is 1. The van der Waals surface area contributed by atoms with E-state index in [1.807, 2.05) is 6.92 Å². The molecule has 0 fully saturated rings. The van der Waals surface area contributed by atoms with Gasteiger partial charge in [0, 0.05) is 4.75 Å². The topological polar surface area (TPSA) is 52.3 Å². The standard InChI is InChI=1S/C9H19NO2S.ClH/c1-4-5-6-12-8(11)7(10)9(2,3)13;/h7,13H,4-6,10H2,1-3H3;1H/t7-;/m1./s1. The van der Waals surface area contributed by atoms with Crippen LogP contribution in [0.15, 0.2) is 0 Å². The van der Waals surface area contributed by atoms with Crippen molar-refractivity contribution in [1.82, 2.24) is 0 Å². The second kappa shape index (κ2) is 7.37. The smallest absolute Gasteiger partial charge is 0.324 e. The van der Waals surface area contributed by atoms with Gasteiger partial charge in [-0.2, -0.15) is 12.6 Å². The minimum atomic E-state index is -0.660. The molecular weight excluding hydrogens is 222 g/mol. The average molecular weight is 242 g/mol. The number of hydrogen-bond donors (Lipinski definition) is 2. The van der Waals surface area contributed by atoms with Gasteiger partial charge in [-0.1, -0.05) is 13.3 Å². The highest BCUT2D eigenvalue weighted by atomic mass is 35.5. The van der Waals surface area contributed by atoms with Crippen LogP contribution in [-0.4, -0.2) is 23.4 Å². The van der Waals surface area contributed by atoms with Crippen molar-refractivity contribution >= 4 is 31.0 Å². The average Bonchev–Trinajstić information content (AvgIpc) is 2.01. The van der Waals surface area contributed by atoms with E-state index >= 15 is 0 Å². The first-order valence-corrected chi connectivity index (χ1v) is 4.99. The number of ether oxygens (including phenoxy) is 1. The molecule has 0 amide bonds. The number of esters is 1. The second-order valence-corrected chi connectivity index (χ2v) is 4.81. The molecule has 0 unspecified atom stereocenters. The molecule has 0 bridgehead atoms. The molecule has 2 N–H and O–H groups in total. The Morgan fingerprint density at radius 2 is 2.07 bits per heavy atom.